The highest BCUT2D eigenvalue weighted by atomic mass is 16.3. The fourth-order valence-corrected chi connectivity index (χ4v) is 1.70. The molecule has 1 nitrogen and oxygen atoms in total. The Morgan fingerprint density at radius 3 is 2.79 bits per heavy atom. The second-order valence-electron chi connectivity index (χ2n) is 3.66. The maximum absolute atomic E-state index is 9.41. The summed E-state index contributed by atoms with van der Waals surface area (Å²) >= 11 is 0. The van der Waals surface area contributed by atoms with E-state index in [1.54, 1.807) is 6.07 Å². The Labute approximate surface area is 84.4 Å². The molecule has 0 fully saturated rings. The number of allylic oxidation sites excluding steroid dienone is 4. The molecule has 1 aliphatic carbocycles. The molecule has 0 aliphatic heterocycles. The highest BCUT2D eigenvalue weighted by molar-refractivity contribution is 5.69. The zero-order chi connectivity index (χ0) is 9.97. The highest BCUT2D eigenvalue weighted by Crippen LogP contribution is 2.26. The smallest absolute Gasteiger partial charge is 0.118 e. The first-order chi connectivity index (χ1) is 6.77. The van der Waals surface area contributed by atoms with Crippen molar-refractivity contribution in [1.82, 2.24) is 0 Å². The Morgan fingerprint density at radius 1 is 1.29 bits per heavy atom. The van der Waals surface area contributed by atoms with Crippen LogP contribution in [0.3, 0.4) is 0 Å². The number of aromatic hydroxyl groups is 1. The molecule has 2 rings (SSSR count). The van der Waals surface area contributed by atoms with Crippen molar-refractivity contribution in [2.24, 2.45) is 0 Å². The molecule has 0 saturated carbocycles. The van der Waals surface area contributed by atoms with Gasteiger partial charge in [-0.25, -0.2) is 0 Å². The molecule has 0 unspecified atom stereocenters. The van der Waals surface area contributed by atoms with Crippen molar-refractivity contribution in [2.45, 2.75) is 19.8 Å². The van der Waals surface area contributed by atoms with Crippen LogP contribution < -0.4 is 0 Å². The molecule has 0 spiro atoms. The summed E-state index contributed by atoms with van der Waals surface area (Å²) in [6.45, 7) is 1.93. The van der Waals surface area contributed by atoms with E-state index in [-0.39, 0.29) is 0 Å². The summed E-state index contributed by atoms with van der Waals surface area (Å²) < 4.78 is 0. The monoisotopic (exact) mass is 186 g/mol. The van der Waals surface area contributed by atoms with Gasteiger partial charge >= 0.3 is 0 Å². The minimum Gasteiger partial charge on any atom is -0.508 e. The van der Waals surface area contributed by atoms with Crippen LogP contribution in [-0.2, 0) is 0 Å². The van der Waals surface area contributed by atoms with Crippen LogP contribution in [0.25, 0.3) is 5.57 Å². The van der Waals surface area contributed by atoms with E-state index < -0.39 is 0 Å². The second-order valence-corrected chi connectivity index (χ2v) is 3.66. The van der Waals surface area contributed by atoms with Crippen LogP contribution in [0.1, 0.15) is 24.0 Å². The van der Waals surface area contributed by atoms with Gasteiger partial charge in [0.1, 0.15) is 5.75 Å². The van der Waals surface area contributed by atoms with E-state index in [1.165, 1.54) is 11.1 Å². The van der Waals surface area contributed by atoms with E-state index in [0.717, 1.165) is 18.4 Å². The standard InChI is InChI=1S/C13H14O/c1-10-9-12(7-8-13(10)14)11-5-3-2-4-6-11/h2-3,5,7-9,14H,4,6H2,1H3. The summed E-state index contributed by atoms with van der Waals surface area (Å²) in [5, 5.41) is 9.41. The third-order valence-corrected chi connectivity index (χ3v) is 2.58. The number of benzene rings is 1. The van der Waals surface area contributed by atoms with E-state index in [9.17, 15) is 5.11 Å². The molecule has 0 heterocycles. The second kappa shape index (κ2) is 3.70. The molecule has 1 aliphatic rings. The number of rotatable bonds is 1. The fourth-order valence-electron chi connectivity index (χ4n) is 1.70. The van der Waals surface area contributed by atoms with Gasteiger partial charge in [-0.15, -0.1) is 0 Å². The van der Waals surface area contributed by atoms with Gasteiger partial charge in [0.05, 0.1) is 0 Å². The predicted molar refractivity (Wildman–Crippen MR) is 59.2 cm³/mol. The molecule has 0 aromatic heterocycles. The Kier molecular flexibility index (Phi) is 2.40. The zero-order valence-electron chi connectivity index (χ0n) is 8.33. The summed E-state index contributed by atoms with van der Waals surface area (Å²) in [4.78, 5) is 0. The van der Waals surface area contributed by atoms with Crippen LogP contribution in [0.15, 0.2) is 36.4 Å². The molecule has 0 bridgehead atoms. The maximum Gasteiger partial charge on any atom is 0.118 e. The quantitative estimate of drug-likeness (QED) is 0.712. The average Bonchev–Trinajstić information content (AvgIpc) is 2.23. The van der Waals surface area contributed by atoms with Crippen molar-refractivity contribution in [3.05, 3.63) is 47.6 Å². The molecule has 1 N–H and O–H groups in total. The first-order valence-electron chi connectivity index (χ1n) is 4.93. The van der Waals surface area contributed by atoms with Gasteiger partial charge in [-0.3, -0.25) is 0 Å². The molecular weight excluding hydrogens is 172 g/mol. The van der Waals surface area contributed by atoms with Crippen molar-refractivity contribution in [3.63, 3.8) is 0 Å². The van der Waals surface area contributed by atoms with E-state index >= 15 is 0 Å². The number of phenolic OH excluding ortho intramolecular Hbond substituents is 1. The van der Waals surface area contributed by atoms with Gasteiger partial charge < -0.3 is 5.11 Å². The molecule has 1 aromatic rings. The van der Waals surface area contributed by atoms with Crippen LogP contribution in [-0.4, -0.2) is 5.11 Å². The Balaban J connectivity index is 2.37. The fraction of sp³-hybridized carbons (Fsp3) is 0.231. The van der Waals surface area contributed by atoms with Gasteiger partial charge in [0, 0.05) is 0 Å². The molecule has 0 radical (unpaired) electrons. The molecule has 1 heteroatoms. The lowest BCUT2D eigenvalue weighted by molar-refractivity contribution is 0.471. The van der Waals surface area contributed by atoms with Gasteiger partial charge in [-0.05, 0) is 48.6 Å². The number of hydrogen-bond acceptors (Lipinski definition) is 1. The predicted octanol–water partition coefficient (Wildman–Crippen LogP) is 3.43. The van der Waals surface area contributed by atoms with Crippen LogP contribution in [0.5, 0.6) is 5.75 Å². The molecular formula is C13H14O. The normalized spacial score (nSPS) is 15.4. The average molecular weight is 186 g/mol. The zero-order valence-corrected chi connectivity index (χ0v) is 8.33. The molecule has 72 valence electrons. The molecule has 0 amide bonds. The van der Waals surface area contributed by atoms with Crippen LogP contribution in [0, 0.1) is 6.92 Å². The van der Waals surface area contributed by atoms with Gasteiger partial charge in [-0.1, -0.05) is 24.3 Å². The molecule has 0 atom stereocenters. The Bertz CT molecular complexity index is 400. The third-order valence-electron chi connectivity index (χ3n) is 2.58. The summed E-state index contributed by atoms with van der Waals surface area (Å²) in [6, 6.07) is 5.79. The van der Waals surface area contributed by atoms with Crippen molar-refractivity contribution < 1.29 is 5.11 Å². The van der Waals surface area contributed by atoms with E-state index in [0.29, 0.717) is 5.75 Å². The van der Waals surface area contributed by atoms with Crippen molar-refractivity contribution >= 4 is 5.57 Å². The van der Waals surface area contributed by atoms with E-state index in [1.807, 2.05) is 19.1 Å². The summed E-state index contributed by atoms with van der Waals surface area (Å²) in [7, 11) is 0. The van der Waals surface area contributed by atoms with Gasteiger partial charge in [0.25, 0.3) is 0 Å². The van der Waals surface area contributed by atoms with E-state index in [4.69, 9.17) is 0 Å². The number of hydrogen-bond donors (Lipinski definition) is 1. The minimum atomic E-state index is 0.376. The van der Waals surface area contributed by atoms with Crippen LogP contribution in [0.2, 0.25) is 0 Å². The highest BCUT2D eigenvalue weighted by Gasteiger charge is 2.04. The SMILES string of the molecule is Cc1cc(C2=CC=CCC2)ccc1O. The summed E-state index contributed by atoms with van der Waals surface area (Å²) in [5.41, 5.74) is 3.53. The lowest BCUT2D eigenvalue weighted by Crippen LogP contribution is -1.88. The topological polar surface area (TPSA) is 20.2 Å². The lowest BCUT2D eigenvalue weighted by Gasteiger charge is -2.10. The van der Waals surface area contributed by atoms with Crippen LogP contribution >= 0.6 is 0 Å². The summed E-state index contributed by atoms with van der Waals surface area (Å²) in [5.74, 6) is 0.376. The first kappa shape index (κ1) is 9.07. The van der Waals surface area contributed by atoms with Gasteiger partial charge in [-0.2, -0.15) is 0 Å². The van der Waals surface area contributed by atoms with E-state index in [2.05, 4.69) is 18.2 Å². The Morgan fingerprint density at radius 2 is 2.14 bits per heavy atom. The summed E-state index contributed by atoms with van der Waals surface area (Å²) in [6.07, 6.45) is 8.64. The van der Waals surface area contributed by atoms with Crippen molar-refractivity contribution in [1.29, 1.82) is 0 Å². The number of aryl methyl sites for hydroxylation is 1. The Hall–Kier alpha value is -1.50. The van der Waals surface area contributed by atoms with Crippen molar-refractivity contribution in [3.8, 4) is 5.75 Å². The molecule has 14 heavy (non-hydrogen) atoms. The van der Waals surface area contributed by atoms with Crippen LogP contribution in [0.4, 0.5) is 0 Å². The van der Waals surface area contributed by atoms with Crippen molar-refractivity contribution in [2.75, 3.05) is 0 Å². The lowest BCUT2D eigenvalue weighted by atomic mass is 9.96. The van der Waals surface area contributed by atoms with Gasteiger partial charge in [0.15, 0.2) is 0 Å². The third kappa shape index (κ3) is 1.72. The van der Waals surface area contributed by atoms with Gasteiger partial charge in [0.2, 0.25) is 0 Å². The molecule has 0 saturated heterocycles. The first-order valence-corrected chi connectivity index (χ1v) is 4.93. The largest absolute Gasteiger partial charge is 0.508 e. The number of phenols is 1. The minimum absolute atomic E-state index is 0.376. The maximum atomic E-state index is 9.41. The molecule has 1 aromatic carbocycles.